The number of carbonyl (C=O) groups is 2. The molecule has 0 saturated carbocycles. The summed E-state index contributed by atoms with van der Waals surface area (Å²) < 4.78 is 6.87. The molecule has 0 fully saturated rings. The van der Waals surface area contributed by atoms with Gasteiger partial charge < -0.3 is 10.1 Å². The van der Waals surface area contributed by atoms with Gasteiger partial charge >= 0.3 is 5.97 Å². The molecule has 3 aromatic heterocycles. The van der Waals surface area contributed by atoms with Crippen molar-refractivity contribution in [2.24, 2.45) is 0 Å². The molecule has 0 bridgehead atoms. The summed E-state index contributed by atoms with van der Waals surface area (Å²) in [6.45, 7) is 7.60. The van der Waals surface area contributed by atoms with Crippen LogP contribution in [-0.4, -0.2) is 27.9 Å². The number of fused-ring (bicyclic) bond motifs is 1. The molecule has 130 valence electrons. The van der Waals surface area contributed by atoms with Gasteiger partial charge in [-0.05, 0) is 45.4 Å². The molecule has 0 aromatic carbocycles. The van der Waals surface area contributed by atoms with Crippen LogP contribution in [0.3, 0.4) is 0 Å². The molecule has 3 heterocycles. The molecule has 0 aliphatic carbocycles. The largest absolute Gasteiger partial charge is 0.462 e. The normalized spacial score (nSPS) is 10.9. The number of hydrogen-bond donors (Lipinski definition) is 1. The smallest absolute Gasteiger partial charge is 0.341 e. The third kappa shape index (κ3) is 3.02. The molecule has 0 unspecified atom stereocenters. The van der Waals surface area contributed by atoms with E-state index in [9.17, 15) is 9.59 Å². The van der Waals surface area contributed by atoms with Crippen LogP contribution in [0, 0.1) is 20.8 Å². The lowest BCUT2D eigenvalue weighted by atomic mass is 10.1. The number of anilines is 1. The van der Waals surface area contributed by atoms with E-state index in [4.69, 9.17) is 4.74 Å². The molecule has 1 N–H and O–H groups in total. The van der Waals surface area contributed by atoms with Crippen molar-refractivity contribution in [3.63, 3.8) is 0 Å². The Balaban J connectivity index is 2.00. The molecule has 0 spiro atoms. The number of nitrogens with one attached hydrogen (secondary N) is 1. The standard InChI is InChI=1S/C18H19N3O3S/c1-5-24-18(23)14-10(2)12(4)25-17(14)20-16(22)15-11(3)19-13-8-6-7-9-21(13)15/h6-9H,5H2,1-4H3,(H,20,22). The van der Waals surface area contributed by atoms with Gasteiger partial charge in [0.2, 0.25) is 0 Å². The molecule has 3 rings (SSSR count). The number of ether oxygens (including phenoxy) is 1. The molecule has 0 saturated heterocycles. The number of thiophene rings is 1. The minimum absolute atomic E-state index is 0.285. The maximum absolute atomic E-state index is 12.8. The van der Waals surface area contributed by atoms with Crippen LogP contribution in [0.5, 0.6) is 0 Å². The third-order valence-corrected chi connectivity index (χ3v) is 5.13. The van der Waals surface area contributed by atoms with E-state index < -0.39 is 5.97 Å². The fraction of sp³-hybridized carbons (Fsp3) is 0.278. The van der Waals surface area contributed by atoms with Gasteiger partial charge in [-0.25, -0.2) is 9.78 Å². The predicted molar refractivity (Wildman–Crippen MR) is 97.6 cm³/mol. The summed E-state index contributed by atoms with van der Waals surface area (Å²) in [6.07, 6.45) is 1.79. The van der Waals surface area contributed by atoms with Crippen molar-refractivity contribution in [2.75, 3.05) is 11.9 Å². The van der Waals surface area contributed by atoms with Crippen LogP contribution < -0.4 is 5.32 Å². The van der Waals surface area contributed by atoms with E-state index in [1.165, 1.54) is 11.3 Å². The first-order valence-corrected chi connectivity index (χ1v) is 8.77. The monoisotopic (exact) mass is 357 g/mol. The lowest BCUT2D eigenvalue weighted by Crippen LogP contribution is -2.17. The second kappa shape index (κ2) is 6.68. The van der Waals surface area contributed by atoms with Crippen LogP contribution in [-0.2, 0) is 4.74 Å². The lowest BCUT2D eigenvalue weighted by molar-refractivity contribution is 0.0527. The third-order valence-electron chi connectivity index (χ3n) is 4.01. The van der Waals surface area contributed by atoms with Gasteiger partial charge in [-0.15, -0.1) is 11.3 Å². The summed E-state index contributed by atoms with van der Waals surface area (Å²) in [5.74, 6) is -0.725. The molecule has 0 radical (unpaired) electrons. The Morgan fingerprint density at radius 3 is 2.76 bits per heavy atom. The number of carbonyl (C=O) groups excluding carboxylic acids is 2. The van der Waals surface area contributed by atoms with Crippen LogP contribution in [0.2, 0.25) is 0 Å². The van der Waals surface area contributed by atoms with E-state index in [0.29, 0.717) is 27.6 Å². The zero-order valence-corrected chi connectivity index (χ0v) is 15.4. The van der Waals surface area contributed by atoms with Crippen molar-refractivity contribution in [1.82, 2.24) is 9.38 Å². The van der Waals surface area contributed by atoms with Crippen LogP contribution in [0.1, 0.15) is 43.9 Å². The number of nitrogens with zero attached hydrogens (tertiary/aromatic N) is 2. The second-order valence-corrected chi connectivity index (χ2v) is 6.86. The van der Waals surface area contributed by atoms with Crippen molar-refractivity contribution in [1.29, 1.82) is 0 Å². The molecular formula is C18H19N3O3S. The van der Waals surface area contributed by atoms with Crippen LogP contribution in [0.25, 0.3) is 5.65 Å². The Bertz CT molecular complexity index is 972. The maximum atomic E-state index is 12.8. The van der Waals surface area contributed by atoms with E-state index in [1.807, 2.05) is 32.0 Å². The van der Waals surface area contributed by atoms with Crippen LogP contribution >= 0.6 is 11.3 Å². The summed E-state index contributed by atoms with van der Waals surface area (Å²) >= 11 is 1.37. The molecule has 7 heteroatoms. The molecule has 1 amide bonds. The number of aromatic nitrogens is 2. The molecule has 6 nitrogen and oxygen atoms in total. The number of esters is 1. The highest BCUT2D eigenvalue weighted by Crippen LogP contribution is 2.33. The first kappa shape index (κ1) is 17.2. The van der Waals surface area contributed by atoms with Gasteiger partial charge in [-0.2, -0.15) is 0 Å². The molecule has 0 atom stereocenters. The Morgan fingerprint density at radius 2 is 2.04 bits per heavy atom. The molecular weight excluding hydrogens is 338 g/mol. The highest BCUT2D eigenvalue weighted by Gasteiger charge is 2.24. The summed E-state index contributed by atoms with van der Waals surface area (Å²) in [4.78, 5) is 30.5. The van der Waals surface area contributed by atoms with E-state index in [0.717, 1.165) is 10.4 Å². The summed E-state index contributed by atoms with van der Waals surface area (Å²) in [5, 5.41) is 3.37. The molecule has 25 heavy (non-hydrogen) atoms. The predicted octanol–water partition coefficient (Wildman–Crippen LogP) is 3.75. The van der Waals surface area contributed by atoms with Gasteiger partial charge in [0.15, 0.2) is 0 Å². The van der Waals surface area contributed by atoms with Crippen LogP contribution in [0.15, 0.2) is 24.4 Å². The summed E-state index contributed by atoms with van der Waals surface area (Å²) in [7, 11) is 0. The Hall–Kier alpha value is -2.67. The van der Waals surface area contributed by atoms with Crippen molar-refractivity contribution >= 4 is 33.9 Å². The van der Waals surface area contributed by atoms with Gasteiger partial charge in [0.25, 0.3) is 5.91 Å². The van der Waals surface area contributed by atoms with Crippen molar-refractivity contribution in [2.45, 2.75) is 27.7 Å². The number of imidazole rings is 1. The number of rotatable bonds is 4. The van der Waals surface area contributed by atoms with Crippen molar-refractivity contribution < 1.29 is 14.3 Å². The van der Waals surface area contributed by atoms with Gasteiger partial charge in [-0.1, -0.05) is 6.07 Å². The van der Waals surface area contributed by atoms with E-state index in [-0.39, 0.29) is 12.5 Å². The zero-order chi connectivity index (χ0) is 18.1. The quantitative estimate of drug-likeness (QED) is 0.722. The highest BCUT2D eigenvalue weighted by atomic mass is 32.1. The molecule has 0 aliphatic rings. The fourth-order valence-electron chi connectivity index (χ4n) is 2.71. The second-order valence-electron chi connectivity index (χ2n) is 5.64. The van der Waals surface area contributed by atoms with Crippen molar-refractivity contribution in [3.05, 3.63) is 51.8 Å². The first-order valence-electron chi connectivity index (χ1n) is 7.96. The first-order chi connectivity index (χ1) is 11.9. The van der Waals surface area contributed by atoms with E-state index >= 15 is 0 Å². The summed E-state index contributed by atoms with van der Waals surface area (Å²) in [6, 6.07) is 5.55. The minimum atomic E-state index is -0.422. The van der Waals surface area contributed by atoms with Gasteiger partial charge in [0.1, 0.15) is 16.3 Å². The topological polar surface area (TPSA) is 72.7 Å². The number of aryl methyl sites for hydroxylation is 2. The average molecular weight is 357 g/mol. The Labute approximate surface area is 149 Å². The minimum Gasteiger partial charge on any atom is -0.462 e. The van der Waals surface area contributed by atoms with Crippen LogP contribution in [0.4, 0.5) is 5.00 Å². The average Bonchev–Trinajstić information content (AvgIpc) is 3.03. The van der Waals surface area contributed by atoms with Gasteiger partial charge in [0, 0.05) is 11.1 Å². The maximum Gasteiger partial charge on any atom is 0.341 e. The molecule has 0 aliphatic heterocycles. The Kier molecular flexibility index (Phi) is 4.59. The zero-order valence-electron chi connectivity index (χ0n) is 14.5. The van der Waals surface area contributed by atoms with Crippen molar-refractivity contribution in [3.8, 4) is 0 Å². The van der Waals surface area contributed by atoms with Gasteiger partial charge in [0.05, 0.1) is 17.9 Å². The van der Waals surface area contributed by atoms with Gasteiger partial charge in [-0.3, -0.25) is 9.20 Å². The number of amides is 1. The van der Waals surface area contributed by atoms with E-state index in [1.54, 1.807) is 24.4 Å². The molecule has 3 aromatic rings. The fourth-order valence-corrected chi connectivity index (χ4v) is 3.76. The highest BCUT2D eigenvalue weighted by molar-refractivity contribution is 7.16. The lowest BCUT2D eigenvalue weighted by Gasteiger charge is -2.07. The number of hydrogen-bond acceptors (Lipinski definition) is 5. The SMILES string of the molecule is CCOC(=O)c1c(NC(=O)c2c(C)nc3ccccn23)sc(C)c1C. The summed E-state index contributed by atoms with van der Waals surface area (Å²) in [5.41, 5.74) is 3.03. The Morgan fingerprint density at radius 1 is 1.28 bits per heavy atom. The van der Waals surface area contributed by atoms with E-state index in [2.05, 4.69) is 10.3 Å². The number of pyridine rings is 1.